The fraction of sp³-hybridized carbons (Fsp3) is 0.357. The molecule has 2 aromatic rings. The second-order valence-electron chi connectivity index (χ2n) is 4.93. The first kappa shape index (κ1) is 13.6. The molecule has 1 heterocycles. The Bertz CT molecular complexity index is 566. The van der Waals surface area contributed by atoms with Crippen LogP contribution in [0.15, 0.2) is 34.8 Å². The summed E-state index contributed by atoms with van der Waals surface area (Å²) in [5, 5.41) is 3.38. The summed E-state index contributed by atoms with van der Waals surface area (Å²) in [7, 11) is 0. The van der Waals surface area contributed by atoms with Crippen molar-refractivity contribution in [1.29, 1.82) is 0 Å². The van der Waals surface area contributed by atoms with Crippen molar-refractivity contribution in [2.24, 2.45) is 5.92 Å². The molecule has 0 atom stereocenters. The van der Waals surface area contributed by atoms with Gasteiger partial charge in [-0.25, -0.2) is 0 Å². The number of aromatic nitrogens is 2. The van der Waals surface area contributed by atoms with Gasteiger partial charge in [0.15, 0.2) is 0 Å². The Labute approximate surface area is 121 Å². The third-order valence-corrected chi connectivity index (χ3v) is 3.59. The van der Waals surface area contributed by atoms with Crippen molar-refractivity contribution in [1.82, 2.24) is 9.78 Å². The molecular weight excluding hydrogens is 308 g/mol. The second kappa shape index (κ2) is 5.85. The lowest BCUT2D eigenvalue weighted by Crippen LogP contribution is -2.03. The van der Waals surface area contributed by atoms with Crippen LogP contribution in [-0.2, 0) is 13.0 Å². The predicted octanol–water partition coefficient (Wildman–Crippen LogP) is 4.55. The van der Waals surface area contributed by atoms with E-state index in [0.29, 0.717) is 5.92 Å². The Hall–Kier alpha value is -0.870. The minimum Gasteiger partial charge on any atom is -0.301 e. The molecule has 0 amide bonds. The van der Waals surface area contributed by atoms with Gasteiger partial charge in [-0.3, -0.25) is 4.68 Å². The largest absolute Gasteiger partial charge is 0.301 e. The monoisotopic (exact) mass is 324 g/mol. The molecule has 2 rings (SSSR count). The molecule has 0 aliphatic heterocycles. The fourth-order valence-corrected chi connectivity index (χ4v) is 2.44. The molecule has 0 saturated heterocycles. The lowest BCUT2D eigenvalue weighted by Gasteiger charge is -2.05. The van der Waals surface area contributed by atoms with Crippen LogP contribution in [0.4, 0.5) is 0 Å². The molecule has 0 aliphatic rings. The normalized spacial score (nSPS) is 11.1. The molecule has 0 aliphatic carbocycles. The van der Waals surface area contributed by atoms with Gasteiger partial charge in [0.05, 0.1) is 6.54 Å². The lowest BCUT2D eigenvalue weighted by atomic mass is 10.1. The van der Waals surface area contributed by atoms with E-state index in [1.807, 2.05) is 4.68 Å². The van der Waals surface area contributed by atoms with Gasteiger partial charge >= 0.3 is 0 Å². The van der Waals surface area contributed by atoms with E-state index >= 15 is 0 Å². The van der Waals surface area contributed by atoms with Crippen LogP contribution in [-0.4, -0.2) is 9.78 Å². The summed E-state index contributed by atoms with van der Waals surface area (Å²) in [4.78, 5) is 0. The number of benzene rings is 1. The number of nitrogens with one attached hydrogen (secondary N) is 1. The molecule has 0 bridgehead atoms. The minimum absolute atomic E-state index is 0.638. The molecule has 0 radical (unpaired) electrons. The van der Waals surface area contributed by atoms with Crippen LogP contribution in [0.25, 0.3) is 0 Å². The summed E-state index contributed by atoms with van der Waals surface area (Å²) in [5.74, 6) is 0.638. The van der Waals surface area contributed by atoms with Crippen molar-refractivity contribution in [3.05, 3.63) is 50.7 Å². The number of H-pyrrole nitrogens is 1. The van der Waals surface area contributed by atoms with Crippen LogP contribution in [0, 0.1) is 10.6 Å². The quantitative estimate of drug-likeness (QED) is 0.818. The minimum atomic E-state index is 0.638. The molecule has 1 N–H and O–H groups in total. The van der Waals surface area contributed by atoms with Gasteiger partial charge in [-0.05, 0) is 36.1 Å². The molecule has 0 spiro atoms. The molecule has 18 heavy (non-hydrogen) atoms. The van der Waals surface area contributed by atoms with Crippen LogP contribution < -0.4 is 0 Å². The van der Waals surface area contributed by atoms with Crippen molar-refractivity contribution in [3.63, 3.8) is 0 Å². The molecule has 4 heteroatoms. The van der Waals surface area contributed by atoms with Crippen molar-refractivity contribution >= 4 is 28.1 Å². The number of nitrogens with zero attached hydrogens (tertiary/aromatic N) is 1. The van der Waals surface area contributed by atoms with E-state index in [1.54, 1.807) is 0 Å². The number of rotatable bonds is 4. The molecule has 1 aromatic carbocycles. The summed E-state index contributed by atoms with van der Waals surface area (Å²) in [6, 6.07) is 10.4. The van der Waals surface area contributed by atoms with E-state index in [9.17, 15) is 0 Å². The maximum Gasteiger partial charge on any atom is 0.122 e. The van der Waals surface area contributed by atoms with Crippen LogP contribution in [0.2, 0.25) is 0 Å². The third kappa shape index (κ3) is 3.56. The lowest BCUT2D eigenvalue weighted by molar-refractivity contribution is 0.606. The van der Waals surface area contributed by atoms with Gasteiger partial charge < -0.3 is 5.10 Å². The van der Waals surface area contributed by atoms with Gasteiger partial charge in [0.25, 0.3) is 0 Å². The van der Waals surface area contributed by atoms with Gasteiger partial charge in [0.2, 0.25) is 0 Å². The van der Waals surface area contributed by atoms with Gasteiger partial charge in [-0.2, -0.15) is 0 Å². The molecule has 0 saturated carbocycles. The fourth-order valence-electron chi connectivity index (χ4n) is 1.92. The van der Waals surface area contributed by atoms with Crippen LogP contribution in [0.1, 0.15) is 25.1 Å². The Morgan fingerprint density at radius 3 is 2.56 bits per heavy atom. The zero-order valence-corrected chi connectivity index (χ0v) is 13.0. The summed E-state index contributed by atoms with van der Waals surface area (Å²) in [6.45, 7) is 5.22. The standard InChI is InChI=1S/C14H17BrN2S/c1-10(2)7-13-8-14(18)17(16-13)9-11-3-5-12(15)6-4-11/h3-6,8,10,16H,7,9H2,1-2H3. The first-order valence-corrected chi connectivity index (χ1v) is 7.28. The Balaban J connectivity index is 2.16. The smallest absolute Gasteiger partial charge is 0.122 e. The predicted molar refractivity (Wildman–Crippen MR) is 81.4 cm³/mol. The topological polar surface area (TPSA) is 20.7 Å². The molecule has 2 nitrogen and oxygen atoms in total. The van der Waals surface area contributed by atoms with E-state index in [0.717, 1.165) is 22.1 Å². The Morgan fingerprint density at radius 1 is 1.28 bits per heavy atom. The molecule has 0 unspecified atom stereocenters. The Kier molecular flexibility index (Phi) is 4.40. The van der Waals surface area contributed by atoms with Crippen LogP contribution in [0.3, 0.4) is 0 Å². The Morgan fingerprint density at radius 2 is 1.94 bits per heavy atom. The van der Waals surface area contributed by atoms with Crippen LogP contribution >= 0.6 is 28.1 Å². The number of hydrogen-bond donors (Lipinski definition) is 1. The number of hydrogen-bond acceptors (Lipinski definition) is 1. The highest BCUT2D eigenvalue weighted by molar-refractivity contribution is 9.10. The highest BCUT2D eigenvalue weighted by Crippen LogP contribution is 2.13. The second-order valence-corrected chi connectivity index (χ2v) is 6.26. The van der Waals surface area contributed by atoms with E-state index in [-0.39, 0.29) is 0 Å². The summed E-state index contributed by atoms with van der Waals surface area (Å²) in [5.41, 5.74) is 2.46. The highest BCUT2D eigenvalue weighted by atomic mass is 79.9. The van der Waals surface area contributed by atoms with Crippen LogP contribution in [0.5, 0.6) is 0 Å². The summed E-state index contributed by atoms with van der Waals surface area (Å²) >= 11 is 8.81. The highest BCUT2D eigenvalue weighted by Gasteiger charge is 2.03. The van der Waals surface area contributed by atoms with E-state index in [2.05, 4.69) is 65.2 Å². The number of halogens is 1. The summed E-state index contributed by atoms with van der Waals surface area (Å²) < 4.78 is 3.99. The molecule has 96 valence electrons. The zero-order chi connectivity index (χ0) is 13.1. The average Bonchev–Trinajstić information content (AvgIpc) is 2.61. The molecule has 1 aromatic heterocycles. The van der Waals surface area contributed by atoms with E-state index < -0.39 is 0 Å². The van der Waals surface area contributed by atoms with Gasteiger partial charge in [0.1, 0.15) is 4.64 Å². The third-order valence-electron chi connectivity index (χ3n) is 2.72. The maximum absolute atomic E-state index is 5.37. The van der Waals surface area contributed by atoms with Crippen molar-refractivity contribution < 1.29 is 0 Å². The van der Waals surface area contributed by atoms with Gasteiger partial charge in [-0.1, -0.05) is 54.1 Å². The zero-order valence-electron chi connectivity index (χ0n) is 10.6. The van der Waals surface area contributed by atoms with E-state index in [1.165, 1.54) is 11.3 Å². The molecule has 0 fully saturated rings. The first-order chi connectivity index (χ1) is 8.54. The van der Waals surface area contributed by atoms with Crippen molar-refractivity contribution in [3.8, 4) is 0 Å². The van der Waals surface area contributed by atoms with Gasteiger partial charge in [0, 0.05) is 10.2 Å². The molecular formula is C14H17BrN2S. The van der Waals surface area contributed by atoms with Gasteiger partial charge in [-0.15, -0.1) is 0 Å². The van der Waals surface area contributed by atoms with E-state index in [4.69, 9.17) is 12.2 Å². The maximum atomic E-state index is 5.37. The average molecular weight is 325 g/mol. The van der Waals surface area contributed by atoms with Crippen molar-refractivity contribution in [2.75, 3.05) is 0 Å². The van der Waals surface area contributed by atoms with Crippen molar-refractivity contribution in [2.45, 2.75) is 26.8 Å². The number of aromatic amines is 1. The SMILES string of the molecule is CC(C)Cc1cc(=S)n(Cc2ccc(Br)cc2)[nH]1. The first-order valence-electron chi connectivity index (χ1n) is 6.08. The summed E-state index contributed by atoms with van der Waals surface area (Å²) in [6.07, 6.45) is 1.04.